The fourth-order valence-electron chi connectivity index (χ4n) is 3.23. The Bertz CT molecular complexity index is 1120. The van der Waals surface area contributed by atoms with E-state index in [1.54, 1.807) is 44.2 Å². The number of nitrogens with one attached hydrogen (secondary N) is 1. The highest BCUT2D eigenvalue weighted by atomic mass is 35.5. The molecule has 32 heavy (non-hydrogen) atoms. The van der Waals surface area contributed by atoms with E-state index >= 15 is 0 Å². The first-order chi connectivity index (χ1) is 14.9. The number of rotatable bonds is 8. The summed E-state index contributed by atoms with van der Waals surface area (Å²) in [6.45, 7) is 4.78. The molecule has 0 radical (unpaired) electrons. The highest BCUT2D eigenvalue weighted by Gasteiger charge is 2.30. The Morgan fingerprint density at radius 2 is 1.78 bits per heavy atom. The topological polar surface area (TPSA) is 86.8 Å². The lowest BCUT2D eigenvalue weighted by atomic mass is 10.1. The second-order valence-corrected chi connectivity index (χ2v) is 10.3. The largest absolute Gasteiger partial charge is 0.357 e. The number of likely N-dealkylation sites (N-methyl/N-ethyl adjacent to an activating group) is 1. The lowest BCUT2D eigenvalue weighted by molar-refractivity contribution is -0.139. The van der Waals surface area contributed by atoms with E-state index in [1.165, 1.54) is 11.9 Å². The molecule has 10 heteroatoms. The Morgan fingerprint density at radius 3 is 2.34 bits per heavy atom. The van der Waals surface area contributed by atoms with Crippen molar-refractivity contribution in [2.75, 3.05) is 24.2 Å². The van der Waals surface area contributed by atoms with Gasteiger partial charge < -0.3 is 10.2 Å². The summed E-state index contributed by atoms with van der Waals surface area (Å²) in [5.41, 5.74) is 2.64. The third-order valence-electron chi connectivity index (χ3n) is 5.29. The molecule has 0 aliphatic rings. The van der Waals surface area contributed by atoms with E-state index in [9.17, 15) is 18.0 Å². The average Bonchev–Trinajstić information content (AvgIpc) is 2.71. The SMILES string of the molecule is CNC(=O)[C@H](C)N(Cc1ccc(Cl)cc1Cl)C(=O)CN(c1cccc(C)c1C)S(C)(=O)=O. The van der Waals surface area contributed by atoms with Gasteiger partial charge in [0.05, 0.1) is 11.9 Å². The minimum Gasteiger partial charge on any atom is -0.357 e. The van der Waals surface area contributed by atoms with Crippen molar-refractivity contribution in [2.24, 2.45) is 0 Å². The molecule has 0 unspecified atom stereocenters. The van der Waals surface area contributed by atoms with Gasteiger partial charge in [0.15, 0.2) is 0 Å². The smallest absolute Gasteiger partial charge is 0.244 e. The van der Waals surface area contributed by atoms with E-state index in [-0.39, 0.29) is 12.5 Å². The van der Waals surface area contributed by atoms with Crippen molar-refractivity contribution in [2.45, 2.75) is 33.4 Å². The van der Waals surface area contributed by atoms with Crippen LogP contribution in [0.4, 0.5) is 5.69 Å². The minimum absolute atomic E-state index is 0.00776. The molecule has 2 rings (SSSR count). The zero-order valence-electron chi connectivity index (χ0n) is 18.6. The van der Waals surface area contributed by atoms with Gasteiger partial charge in [-0.05, 0) is 55.7 Å². The van der Waals surface area contributed by atoms with Gasteiger partial charge in [0.1, 0.15) is 12.6 Å². The number of sulfonamides is 1. The predicted octanol–water partition coefficient (Wildman–Crippen LogP) is 3.54. The van der Waals surface area contributed by atoms with Crippen LogP contribution in [0.15, 0.2) is 36.4 Å². The van der Waals surface area contributed by atoms with Crippen LogP contribution in [0.1, 0.15) is 23.6 Å². The number of carbonyl (C=O) groups is 2. The number of carbonyl (C=O) groups excluding carboxylic acids is 2. The van der Waals surface area contributed by atoms with Crippen molar-refractivity contribution in [3.05, 3.63) is 63.1 Å². The van der Waals surface area contributed by atoms with E-state index in [4.69, 9.17) is 23.2 Å². The zero-order valence-corrected chi connectivity index (χ0v) is 21.0. The first-order valence-electron chi connectivity index (χ1n) is 9.85. The Labute approximate surface area is 199 Å². The summed E-state index contributed by atoms with van der Waals surface area (Å²) in [5, 5.41) is 3.30. The Hall–Kier alpha value is -2.29. The van der Waals surface area contributed by atoms with Gasteiger partial charge in [-0.3, -0.25) is 13.9 Å². The van der Waals surface area contributed by atoms with Crippen LogP contribution in [0.3, 0.4) is 0 Å². The molecule has 0 aliphatic heterocycles. The molecule has 0 saturated carbocycles. The molecule has 0 bridgehead atoms. The predicted molar refractivity (Wildman–Crippen MR) is 129 cm³/mol. The molecule has 2 aromatic carbocycles. The summed E-state index contributed by atoms with van der Waals surface area (Å²) >= 11 is 12.2. The zero-order chi connectivity index (χ0) is 24.2. The fraction of sp³-hybridized carbons (Fsp3) is 0.364. The van der Waals surface area contributed by atoms with E-state index < -0.39 is 28.5 Å². The number of aryl methyl sites for hydroxylation is 1. The lowest BCUT2D eigenvalue weighted by Gasteiger charge is -2.32. The molecule has 0 heterocycles. The number of anilines is 1. The molecule has 2 aromatic rings. The van der Waals surface area contributed by atoms with Gasteiger partial charge in [-0.2, -0.15) is 0 Å². The van der Waals surface area contributed by atoms with E-state index in [0.717, 1.165) is 21.7 Å². The molecule has 0 spiro atoms. The lowest BCUT2D eigenvalue weighted by Crippen LogP contribution is -2.50. The normalized spacial score (nSPS) is 12.2. The van der Waals surface area contributed by atoms with Crippen LogP contribution < -0.4 is 9.62 Å². The Morgan fingerprint density at radius 1 is 1.12 bits per heavy atom. The number of benzene rings is 2. The summed E-state index contributed by atoms with van der Waals surface area (Å²) in [5.74, 6) is -0.931. The molecular formula is C22H27Cl2N3O4S. The summed E-state index contributed by atoms with van der Waals surface area (Å²) < 4.78 is 26.3. The first-order valence-corrected chi connectivity index (χ1v) is 12.5. The van der Waals surface area contributed by atoms with Crippen molar-refractivity contribution in [3.8, 4) is 0 Å². The van der Waals surface area contributed by atoms with Crippen LogP contribution in [-0.2, 0) is 26.2 Å². The maximum Gasteiger partial charge on any atom is 0.244 e. The van der Waals surface area contributed by atoms with Gasteiger partial charge in [0.25, 0.3) is 0 Å². The molecular weight excluding hydrogens is 473 g/mol. The third kappa shape index (κ3) is 6.15. The highest BCUT2D eigenvalue weighted by Crippen LogP contribution is 2.26. The summed E-state index contributed by atoms with van der Waals surface area (Å²) in [4.78, 5) is 27.0. The molecule has 7 nitrogen and oxygen atoms in total. The van der Waals surface area contributed by atoms with Crippen LogP contribution in [0.2, 0.25) is 10.0 Å². The van der Waals surface area contributed by atoms with Crippen molar-refractivity contribution in [1.82, 2.24) is 10.2 Å². The van der Waals surface area contributed by atoms with Gasteiger partial charge in [0, 0.05) is 23.6 Å². The number of nitrogens with zero attached hydrogens (tertiary/aromatic N) is 2. The second-order valence-electron chi connectivity index (χ2n) is 7.54. The number of amides is 2. The number of hydrogen-bond acceptors (Lipinski definition) is 4. The maximum absolute atomic E-state index is 13.4. The van der Waals surface area contributed by atoms with E-state index in [1.807, 2.05) is 13.0 Å². The average molecular weight is 500 g/mol. The second kappa shape index (κ2) is 10.6. The molecule has 174 valence electrons. The monoisotopic (exact) mass is 499 g/mol. The molecule has 0 aromatic heterocycles. The van der Waals surface area contributed by atoms with Crippen LogP contribution in [0, 0.1) is 13.8 Å². The minimum atomic E-state index is -3.78. The van der Waals surface area contributed by atoms with Crippen molar-refractivity contribution < 1.29 is 18.0 Å². The van der Waals surface area contributed by atoms with Gasteiger partial charge >= 0.3 is 0 Å². The van der Waals surface area contributed by atoms with Gasteiger partial charge in [0.2, 0.25) is 21.8 Å². The maximum atomic E-state index is 13.4. The summed E-state index contributed by atoms with van der Waals surface area (Å²) in [6, 6.07) is 9.24. The fourth-order valence-corrected chi connectivity index (χ4v) is 4.59. The third-order valence-corrected chi connectivity index (χ3v) is 7.01. The number of hydrogen-bond donors (Lipinski definition) is 1. The van der Waals surface area contributed by atoms with Crippen LogP contribution >= 0.6 is 23.2 Å². The molecule has 0 saturated heterocycles. The Kier molecular flexibility index (Phi) is 8.56. The standard InChI is InChI=1S/C22H27Cl2N3O4S/c1-14-7-6-8-20(15(14)2)27(32(5,30)31)13-21(28)26(16(3)22(29)25-4)12-17-9-10-18(23)11-19(17)24/h6-11,16H,12-13H2,1-5H3,(H,25,29)/t16-/m0/s1. The molecule has 1 atom stereocenters. The van der Waals surface area contributed by atoms with E-state index in [0.29, 0.717) is 21.3 Å². The molecule has 0 aliphatic carbocycles. The van der Waals surface area contributed by atoms with Crippen LogP contribution in [0.5, 0.6) is 0 Å². The van der Waals surface area contributed by atoms with Gasteiger partial charge in [-0.25, -0.2) is 8.42 Å². The quantitative estimate of drug-likeness (QED) is 0.601. The van der Waals surface area contributed by atoms with Crippen molar-refractivity contribution in [1.29, 1.82) is 0 Å². The van der Waals surface area contributed by atoms with E-state index in [2.05, 4.69) is 5.32 Å². The van der Waals surface area contributed by atoms with Gasteiger partial charge in [-0.1, -0.05) is 41.4 Å². The summed E-state index contributed by atoms with van der Waals surface area (Å²) in [7, 11) is -2.31. The number of halogens is 2. The van der Waals surface area contributed by atoms with Crippen LogP contribution in [-0.4, -0.2) is 51.0 Å². The van der Waals surface area contributed by atoms with Crippen molar-refractivity contribution >= 4 is 50.7 Å². The molecule has 2 amide bonds. The summed E-state index contributed by atoms with van der Waals surface area (Å²) in [6.07, 6.45) is 1.05. The molecule has 0 fully saturated rings. The van der Waals surface area contributed by atoms with Gasteiger partial charge in [-0.15, -0.1) is 0 Å². The Balaban J connectivity index is 2.46. The first kappa shape index (κ1) is 26.0. The molecule has 1 N–H and O–H groups in total. The van der Waals surface area contributed by atoms with Crippen LogP contribution in [0.25, 0.3) is 0 Å². The van der Waals surface area contributed by atoms with Crippen molar-refractivity contribution in [3.63, 3.8) is 0 Å². The highest BCUT2D eigenvalue weighted by molar-refractivity contribution is 7.92.